The van der Waals surface area contributed by atoms with Crippen LogP contribution in [-0.4, -0.2) is 30.0 Å². The molecule has 0 saturated carbocycles. The van der Waals surface area contributed by atoms with Crippen molar-refractivity contribution in [2.24, 2.45) is 11.0 Å². The fourth-order valence-electron chi connectivity index (χ4n) is 3.33. The second-order valence-corrected chi connectivity index (χ2v) is 6.67. The molecule has 0 aliphatic carbocycles. The molecule has 0 bridgehead atoms. The lowest BCUT2D eigenvalue weighted by Crippen LogP contribution is -2.40. The van der Waals surface area contributed by atoms with E-state index in [2.05, 4.69) is 17.0 Å². The van der Waals surface area contributed by atoms with E-state index >= 15 is 0 Å². The molecule has 0 saturated heterocycles. The van der Waals surface area contributed by atoms with Crippen molar-refractivity contribution in [1.82, 2.24) is 5.32 Å². The number of rotatable bonds is 5. The number of allylic oxidation sites excluding steroid dienone is 1. The Labute approximate surface area is 175 Å². The standard InChI is InChI=1S/C19H19F4N4O.C2H6.H2/c1-3-18(28)24-9-13-8-16-17(10-25-27(16)12(2)20)26(11-13)15-6-4-14(5-7-15)19(21,22)23;1-2;/h3-7,10,12-13H,1,8-9,11H2,2H3;1-2H3;1H/p+1. The average molecular weight is 428 g/mol. The first kappa shape index (κ1) is 23.6. The van der Waals surface area contributed by atoms with Crippen molar-refractivity contribution in [2.45, 2.75) is 39.7 Å². The largest absolute Gasteiger partial charge is 0.416 e. The van der Waals surface area contributed by atoms with Crippen LogP contribution in [0.4, 0.5) is 23.2 Å². The van der Waals surface area contributed by atoms with E-state index in [1.165, 1.54) is 30.3 Å². The molecule has 30 heavy (non-hydrogen) atoms. The van der Waals surface area contributed by atoms with E-state index in [0.29, 0.717) is 36.6 Å². The minimum Gasteiger partial charge on any atom is -0.352 e. The van der Waals surface area contributed by atoms with Gasteiger partial charge in [0.15, 0.2) is 6.54 Å². The molecule has 1 aromatic carbocycles. The third-order valence-electron chi connectivity index (χ3n) is 4.68. The van der Waals surface area contributed by atoms with Crippen LogP contribution in [0, 0.1) is 12.5 Å². The molecule has 2 aliphatic heterocycles. The molecule has 165 valence electrons. The third-order valence-corrected chi connectivity index (χ3v) is 4.68. The Balaban J connectivity index is 0.00000156. The quantitative estimate of drug-likeness (QED) is 0.300. The summed E-state index contributed by atoms with van der Waals surface area (Å²) >= 11 is 0. The highest BCUT2D eigenvalue weighted by Gasteiger charge is 2.41. The summed E-state index contributed by atoms with van der Waals surface area (Å²) < 4.78 is 53.7. The van der Waals surface area contributed by atoms with E-state index in [4.69, 9.17) is 0 Å². The van der Waals surface area contributed by atoms with E-state index < -0.39 is 18.0 Å². The zero-order valence-electron chi connectivity index (χ0n) is 17.2. The predicted molar refractivity (Wildman–Crippen MR) is 108 cm³/mol. The van der Waals surface area contributed by atoms with Gasteiger partial charge in [-0.05, 0) is 35.5 Å². The molecule has 0 aromatic heterocycles. The molecule has 1 aromatic rings. The number of carbonyl (C=O) groups is 1. The van der Waals surface area contributed by atoms with Gasteiger partial charge >= 0.3 is 12.5 Å². The number of azo groups is 2. The van der Waals surface area contributed by atoms with Gasteiger partial charge in [-0.1, -0.05) is 25.1 Å². The van der Waals surface area contributed by atoms with Crippen molar-refractivity contribution in [3.63, 3.8) is 0 Å². The first-order valence-electron chi connectivity index (χ1n) is 9.76. The third kappa shape index (κ3) is 5.25. The first-order chi connectivity index (χ1) is 14.2. The zero-order valence-corrected chi connectivity index (χ0v) is 17.2. The van der Waals surface area contributed by atoms with Gasteiger partial charge in [-0.15, -0.1) is 0 Å². The van der Waals surface area contributed by atoms with Crippen molar-refractivity contribution in [1.29, 1.82) is 0 Å². The van der Waals surface area contributed by atoms with Gasteiger partial charge in [-0.2, -0.15) is 17.6 Å². The number of hydrogen-bond acceptors (Lipinski definition) is 3. The van der Waals surface area contributed by atoms with Crippen LogP contribution < -0.4 is 10.2 Å². The summed E-state index contributed by atoms with van der Waals surface area (Å²) in [7, 11) is 0. The number of benzene rings is 1. The Bertz CT molecular complexity index is 835. The van der Waals surface area contributed by atoms with Crippen LogP contribution in [0.1, 0.15) is 34.2 Å². The minimum atomic E-state index is -4.42. The van der Waals surface area contributed by atoms with Crippen LogP contribution in [-0.2, 0) is 11.0 Å². The molecule has 2 aliphatic rings. The van der Waals surface area contributed by atoms with E-state index in [1.54, 1.807) is 4.90 Å². The maximum absolute atomic E-state index is 13.9. The Hall–Kier alpha value is -2.71. The van der Waals surface area contributed by atoms with Gasteiger partial charge in [0.2, 0.25) is 11.6 Å². The molecule has 2 heterocycles. The minimum absolute atomic E-state index is 0. The normalized spacial score (nSPS) is 19.4. The lowest BCUT2D eigenvalue weighted by molar-refractivity contribution is -0.603. The first-order valence-corrected chi connectivity index (χ1v) is 9.76. The molecule has 0 spiro atoms. The number of hydrogen-bond donors (Lipinski definition) is 1. The summed E-state index contributed by atoms with van der Waals surface area (Å²) in [4.78, 5) is 13.3. The van der Waals surface area contributed by atoms with Gasteiger partial charge < -0.3 is 10.2 Å². The molecule has 9 heteroatoms. The number of nitrogens with zero attached hydrogens (tertiary/aromatic N) is 3. The smallest absolute Gasteiger partial charge is 0.352 e. The highest BCUT2D eigenvalue weighted by Crippen LogP contribution is 2.38. The number of carbonyl (C=O) groups excluding carboxylic acids is 1. The van der Waals surface area contributed by atoms with Gasteiger partial charge in [-0.25, -0.2) is 0 Å². The Morgan fingerprint density at radius 1 is 1.40 bits per heavy atom. The highest BCUT2D eigenvalue weighted by molar-refractivity contribution is 5.86. The fraction of sp³-hybridized carbons (Fsp3) is 0.429. The van der Waals surface area contributed by atoms with Crippen molar-refractivity contribution < 1.29 is 28.5 Å². The average Bonchev–Trinajstić information content (AvgIpc) is 3.16. The monoisotopic (exact) mass is 428 g/mol. The van der Waals surface area contributed by atoms with Crippen LogP contribution in [0.25, 0.3) is 0 Å². The van der Waals surface area contributed by atoms with E-state index in [0.717, 1.165) is 18.2 Å². The fourth-order valence-corrected chi connectivity index (χ4v) is 3.33. The summed E-state index contributed by atoms with van der Waals surface area (Å²) in [6.07, 6.45) is -4.12. The number of alkyl halides is 4. The second kappa shape index (κ2) is 9.86. The van der Waals surface area contributed by atoms with E-state index in [-0.39, 0.29) is 13.3 Å². The SMILES string of the molecule is C=CC(=O)NCC1CC2=C([CH]N=[N+]2C(C)F)N(c2ccc(C(F)(F)F)cc2)C1.CC.[HH]. The van der Waals surface area contributed by atoms with Crippen molar-refractivity contribution >= 4 is 11.6 Å². The maximum atomic E-state index is 13.9. The molecule has 1 N–H and O–H groups in total. The zero-order chi connectivity index (χ0) is 22.5. The molecule has 5 nitrogen and oxygen atoms in total. The van der Waals surface area contributed by atoms with Gasteiger partial charge in [0, 0.05) is 39.5 Å². The number of anilines is 1. The van der Waals surface area contributed by atoms with Crippen molar-refractivity contribution in [2.75, 3.05) is 18.0 Å². The number of nitrogens with one attached hydrogen (secondary N) is 1. The van der Waals surface area contributed by atoms with Gasteiger partial charge in [0.25, 0.3) is 0 Å². The summed E-state index contributed by atoms with van der Waals surface area (Å²) in [5.41, 5.74) is 1.09. The predicted octanol–water partition coefficient (Wildman–Crippen LogP) is 5.27. The Kier molecular flexibility index (Phi) is 7.75. The number of amides is 1. The van der Waals surface area contributed by atoms with Gasteiger partial charge in [0.1, 0.15) is 5.70 Å². The Morgan fingerprint density at radius 2 is 2.03 bits per heavy atom. The van der Waals surface area contributed by atoms with Crippen molar-refractivity contribution in [3.8, 4) is 0 Å². The van der Waals surface area contributed by atoms with Crippen LogP contribution in [0.2, 0.25) is 0 Å². The molecule has 1 amide bonds. The number of halogens is 4. The Morgan fingerprint density at radius 3 is 2.57 bits per heavy atom. The van der Waals surface area contributed by atoms with E-state index in [9.17, 15) is 22.4 Å². The van der Waals surface area contributed by atoms with Crippen LogP contribution in [0.15, 0.2) is 53.4 Å². The molecule has 3 rings (SSSR count). The molecule has 1 radical (unpaired) electrons. The van der Waals surface area contributed by atoms with Crippen LogP contribution in [0.5, 0.6) is 0 Å². The lowest BCUT2D eigenvalue weighted by atomic mass is 9.95. The summed E-state index contributed by atoms with van der Waals surface area (Å²) in [6, 6.07) is 4.79. The topological polar surface area (TPSA) is 47.7 Å². The second-order valence-electron chi connectivity index (χ2n) is 6.67. The summed E-state index contributed by atoms with van der Waals surface area (Å²) in [5, 5.41) is 6.81. The molecule has 2 unspecified atom stereocenters. The molecule has 0 fully saturated rings. The summed E-state index contributed by atoms with van der Waals surface area (Å²) in [5.74, 6) is -0.396. The van der Waals surface area contributed by atoms with Crippen LogP contribution in [0.3, 0.4) is 0 Å². The molecular weight excluding hydrogens is 400 g/mol. The van der Waals surface area contributed by atoms with Gasteiger partial charge in [-0.3, -0.25) is 4.79 Å². The van der Waals surface area contributed by atoms with Gasteiger partial charge in [0.05, 0.1) is 5.56 Å². The molecule has 2 atom stereocenters. The van der Waals surface area contributed by atoms with Crippen LogP contribution >= 0.6 is 0 Å². The maximum Gasteiger partial charge on any atom is 0.416 e. The summed E-state index contributed by atoms with van der Waals surface area (Å²) in [6.45, 7) is 11.1. The lowest BCUT2D eigenvalue weighted by Gasteiger charge is -2.33. The van der Waals surface area contributed by atoms with Crippen molar-refractivity contribution in [3.05, 3.63) is 60.4 Å². The molecular formula is C21H28F4N4O+. The van der Waals surface area contributed by atoms with E-state index in [1.807, 2.05) is 13.8 Å². The highest BCUT2D eigenvalue weighted by atomic mass is 19.4.